The van der Waals surface area contributed by atoms with E-state index in [1.54, 1.807) is 22.7 Å². The molecule has 0 unspecified atom stereocenters. The van der Waals surface area contributed by atoms with Crippen molar-refractivity contribution in [3.63, 3.8) is 0 Å². The van der Waals surface area contributed by atoms with Crippen molar-refractivity contribution in [2.24, 2.45) is 0 Å². The molecule has 3 aromatic heterocycles. The van der Waals surface area contributed by atoms with Gasteiger partial charge in [0.25, 0.3) is 0 Å². The topological polar surface area (TPSA) is 0 Å². The Morgan fingerprint density at radius 3 is 2.07 bits per heavy atom. The number of thioether (sulfide) groups is 1. The summed E-state index contributed by atoms with van der Waals surface area (Å²) in [7, 11) is 0. The molecule has 0 atom stereocenters. The maximum absolute atomic E-state index is 7.11. The third-order valence-electron chi connectivity index (χ3n) is 7.69. The number of hydrogen-bond acceptors (Lipinski definition) is 3. The highest BCUT2D eigenvalue weighted by molar-refractivity contribution is 8.16. The normalized spacial score (nSPS) is 17.3. The Hall–Kier alpha value is -3.51. The van der Waals surface area contributed by atoms with E-state index < -0.39 is 0 Å². The summed E-state index contributed by atoms with van der Waals surface area (Å²) in [6.45, 7) is 0. The number of hydrogen-bond donors (Lipinski definition) is 0. The first-order chi connectivity index (χ1) is 22.2. The Labute approximate surface area is 286 Å². The van der Waals surface area contributed by atoms with Crippen molar-refractivity contribution in [3.8, 4) is 20.2 Å². The number of thiophene rings is 2. The highest BCUT2D eigenvalue weighted by Gasteiger charge is 2.20. The molecule has 0 nitrogen and oxygen atoms in total. The fourth-order valence-corrected chi connectivity index (χ4v) is 9.63. The van der Waals surface area contributed by atoms with Gasteiger partial charge in [0.1, 0.15) is 0 Å². The van der Waals surface area contributed by atoms with Crippen LogP contribution in [-0.2, 0) is 0 Å². The molecule has 1 aliphatic carbocycles. The standard InChI is InChI=1S/C40H30ClS4/c41-40-32(20-18-28-24-36(30-10-3-1-4-11-30)44-38(26-28)34-16-8-22-42-34)14-7-15-33(40)21-19-29-25-37(31-12-5-2-6-13-31)45-39(27-29)35-17-9-23-43-35/h1-6,8-13,16-27H,7,14-15H2/q+1. The summed E-state index contributed by atoms with van der Waals surface area (Å²) >= 11 is 14.4. The van der Waals surface area contributed by atoms with Crippen LogP contribution in [0.15, 0.2) is 160 Å². The molecule has 7 rings (SSSR count). The molecule has 0 amide bonds. The lowest BCUT2D eigenvalue weighted by molar-refractivity contribution is 0.792. The number of halogens is 1. The second-order valence-electron chi connectivity index (χ2n) is 10.8. The predicted molar refractivity (Wildman–Crippen MR) is 204 cm³/mol. The minimum absolute atomic E-state index is 0.884. The molecule has 2 aliphatic rings. The largest absolute Gasteiger partial charge is 0.249 e. The molecule has 2 aromatic carbocycles. The van der Waals surface area contributed by atoms with Crippen LogP contribution in [0.2, 0.25) is 0 Å². The molecule has 1 aliphatic heterocycles. The van der Waals surface area contributed by atoms with E-state index in [0.29, 0.717) is 0 Å². The Bertz CT molecular complexity index is 1970. The van der Waals surface area contributed by atoms with Crippen LogP contribution >= 0.6 is 57.4 Å². The average Bonchev–Trinajstić information content (AvgIpc) is 3.84. The van der Waals surface area contributed by atoms with E-state index in [9.17, 15) is 0 Å². The molecule has 0 fully saturated rings. The van der Waals surface area contributed by atoms with Gasteiger partial charge in [0, 0.05) is 37.4 Å². The van der Waals surface area contributed by atoms with Crippen LogP contribution in [0.5, 0.6) is 0 Å². The van der Waals surface area contributed by atoms with Crippen molar-refractivity contribution in [1.82, 2.24) is 0 Å². The molecule has 0 spiro atoms. The van der Waals surface area contributed by atoms with E-state index in [0.717, 1.165) is 24.3 Å². The zero-order chi connectivity index (χ0) is 30.4. The van der Waals surface area contributed by atoms with Crippen LogP contribution in [0.25, 0.3) is 36.1 Å². The second-order valence-corrected chi connectivity index (χ2v) is 15.3. The highest BCUT2D eigenvalue weighted by atomic mass is 35.5. The van der Waals surface area contributed by atoms with Gasteiger partial charge in [-0.05, 0) is 94.3 Å². The zero-order valence-corrected chi connectivity index (χ0v) is 28.5. The summed E-state index contributed by atoms with van der Waals surface area (Å²) in [6.07, 6.45) is 16.6. The molecule has 0 N–H and O–H groups in total. The van der Waals surface area contributed by atoms with Crippen LogP contribution in [0.4, 0.5) is 0 Å². The number of allylic oxidation sites excluding steroid dienone is 9. The molecule has 0 saturated carbocycles. The lowest BCUT2D eigenvalue weighted by Gasteiger charge is -2.18. The van der Waals surface area contributed by atoms with Gasteiger partial charge in [-0.2, -0.15) is 0 Å². The zero-order valence-electron chi connectivity index (χ0n) is 24.5. The van der Waals surface area contributed by atoms with Crippen molar-refractivity contribution in [2.45, 2.75) is 19.3 Å². The predicted octanol–water partition coefficient (Wildman–Crippen LogP) is 13.9. The summed E-state index contributed by atoms with van der Waals surface area (Å²) in [6, 6.07) is 34.5. The highest BCUT2D eigenvalue weighted by Crippen LogP contribution is 2.45. The monoisotopic (exact) mass is 673 g/mol. The fourth-order valence-electron chi connectivity index (χ4n) is 5.41. The van der Waals surface area contributed by atoms with Crippen LogP contribution in [-0.4, -0.2) is 0 Å². The van der Waals surface area contributed by atoms with Gasteiger partial charge in [0.15, 0.2) is 0 Å². The lowest BCUT2D eigenvalue weighted by Crippen LogP contribution is -1.98. The summed E-state index contributed by atoms with van der Waals surface area (Å²) in [5.74, 6) is 0. The van der Waals surface area contributed by atoms with Gasteiger partial charge in [-0.25, -0.2) is 0 Å². The van der Waals surface area contributed by atoms with E-state index in [1.807, 2.05) is 23.1 Å². The van der Waals surface area contributed by atoms with Crippen molar-refractivity contribution < 1.29 is 0 Å². The molecule has 0 saturated heterocycles. The average molecular weight is 674 g/mol. The molecule has 5 heteroatoms. The van der Waals surface area contributed by atoms with Gasteiger partial charge in [0.2, 0.25) is 21.1 Å². The first-order valence-corrected chi connectivity index (χ1v) is 18.7. The van der Waals surface area contributed by atoms with Crippen LogP contribution in [0.3, 0.4) is 0 Å². The van der Waals surface area contributed by atoms with Crippen LogP contribution in [0.1, 0.15) is 35.3 Å². The Morgan fingerprint density at radius 2 is 1.33 bits per heavy atom. The summed E-state index contributed by atoms with van der Waals surface area (Å²) < 4.78 is 0. The van der Waals surface area contributed by atoms with Crippen molar-refractivity contribution in [1.29, 1.82) is 0 Å². The quantitative estimate of drug-likeness (QED) is 0.155. The van der Waals surface area contributed by atoms with Crippen molar-refractivity contribution >= 4 is 73.3 Å². The minimum atomic E-state index is 0.884. The van der Waals surface area contributed by atoms with E-state index in [2.05, 4.69) is 144 Å². The SMILES string of the molecule is ClC1=C(/C=C/c2cc(-c3ccccc3)[s+]c(-c3cccs3)c2)CCC/C1=C\C=C1/C=C(c2ccccc2)SC(c2cccs2)=C1. The molecule has 0 radical (unpaired) electrons. The molecule has 220 valence electrons. The molecule has 0 bridgehead atoms. The van der Waals surface area contributed by atoms with E-state index >= 15 is 0 Å². The maximum atomic E-state index is 7.11. The van der Waals surface area contributed by atoms with Gasteiger partial charge in [-0.15, -0.1) is 22.7 Å². The molecule has 5 aromatic rings. The minimum Gasteiger partial charge on any atom is -0.143 e. The molecular formula is C40H30ClS4+. The Balaban J connectivity index is 1.20. The summed E-state index contributed by atoms with van der Waals surface area (Å²) in [4.78, 5) is 7.68. The lowest BCUT2D eigenvalue weighted by atomic mass is 9.93. The number of benzene rings is 2. The van der Waals surface area contributed by atoms with E-state index in [4.69, 9.17) is 11.6 Å². The Kier molecular flexibility index (Phi) is 9.57. The van der Waals surface area contributed by atoms with Gasteiger partial charge < -0.3 is 0 Å². The smallest absolute Gasteiger partial charge is 0.143 e. The van der Waals surface area contributed by atoms with E-state index in [1.165, 1.54) is 62.7 Å². The van der Waals surface area contributed by atoms with Gasteiger partial charge in [-0.1, -0.05) is 108 Å². The van der Waals surface area contributed by atoms with Gasteiger partial charge >= 0.3 is 0 Å². The third kappa shape index (κ3) is 7.33. The second kappa shape index (κ2) is 14.3. The van der Waals surface area contributed by atoms with Crippen LogP contribution < -0.4 is 0 Å². The molecule has 4 heterocycles. The fraction of sp³-hybridized carbons (Fsp3) is 0.0750. The summed E-state index contributed by atoms with van der Waals surface area (Å²) in [5, 5.41) is 5.17. The molecule has 45 heavy (non-hydrogen) atoms. The van der Waals surface area contributed by atoms with Crippen molar-refractivity contribution in [3.05, 3.63) is 176 Å². The summed E-state index contributed by atoms with van der Waals surface area (Å²) in [5.41, 5.74) is 7.27. The molecular weight excluding hydrogens is 644 g/mol. The van der Waals surface area contributed by atoms with Gasteiger partial charge in [0.05, 0.1) is 4.88 Å². The first-order valence-electron chi connectivity index (χ1n) is 15.0. The van der Waals surface area contributed by atoms with Crippen molar-refractivity contribution in [2.75, 3.05) is 0 Å². The van der Waals surface area contributed by atoms with Gasteiger partial charge in [-0.3, -0.25) is 0 Å². The number of rotatable bonds is 7. The maximum Gasteiger partial charge on any atom is 0.249 e. The Morgan fingerprint density at radius 1 is 0.644 bits per heavy atom. The van der Waals surface area contributed by atoms with E-state index in [-0.39, 0.29) is 0 Å². The first kappa shape index (κ1) is 30.2. The third-order valence-corrected chi connectivity index (χ3v) is 12.5. The van der Waals surface area contributed by atoms with Crippen LogP contribution in [0, 0.1) is 0 Å².